The van der Waals surface area contributed by atoms with Crippen molar-refractivity contribution >= 4 is 55.2 Å². The molecule has 0 unspecified atom stereocenters. The van der Waals surface area contributed by atoms with E-state index in [1.807, 2.05) is 12.1 Å². The Bertz CT molecular complexity index is 538. The van der Waals surface area contributed by atoms with Crippen LogP contribution in [0.3, 0.4) is 0 Å². The molecule has 0 fully saturated rings. The van der Waals surface area contributed by atoms with Crippen LogP contribution >= 0.6 is 31.9 Å². The number of carbonyl (C=O) groups excluding carboxylic acids is 2. The van der Waals surface area contributed by atoms with Crippen molar-refractivity contribution in [3.8, 4) is 0 Å². The van der Waals surface area contributed by atoms with Crippen molar-refractivity contribution in [1.29, 1.82) is 0 Å². The van der Waals surface area contributed by atoms with Crippen molar-refractivity contribution in [3.63, 3.8) is 0 Å². The van der Waals surface area contributed by atoms with Gasteiger partial charge in [0.2, 0.25) is 0 Å². The topological polar surface area (TPSA) is 34.1 Å². The Kier molecular flexibility index (Phi) is 3.21. The summed E-state index contributed by atoms with van der Waals surface area (Å²) in [6.45, 7) is 0. The summed E-state index contributed by atoms with van der Waals surface area (Å²) in [5.41, 5.74) is 1.19. The fourth-order valence-electron chi connectivity index (χ4n) is 1.51. The highest BCUT2D eigenvalue weighted by Crippen LogP contribution is 2.28. The van der Waals surface area contributed by atoms with Gasteiger partial charge in [0, 0.05) is 20.1 Å². The highest BCUT2D eigenvalue weighted by atomic mass is 79.9. The second-order valence-corrected chi connectivity index (χ2v) is 5.04. The molecule has 0 saturated carbocycles. The van der Waals surface area contributed by atoms with Gasteiger partial charge in [-0.1, -0.05) is 31.9 Å². The van der Waals surface area contributed by atoms with Crippen molar-refractivity contribution in [2.24, 2.45) is 0 Å². The van der Waals surface area contributed by atoms with E-state index in [0.29, 0.717) is 11.1 Å². The standard InChI is InChI=1S/C12H6Br2O2/c13-11-4-8-2-10(6-16)12(14)3-7(8)1-9(11)5-15/h1-6H. The highest BCUT2D eigenvalue weighted by Gasteiger charge is 2.05. The normalized spacial score (nSPS) is 10.4. The molecule has 0 heterocycles. The molecule has 0 spiro atoms. The molecule has 0 radical (unpaired) electrons. The van der Waals surface area contributed by atoms with Gasteiger partial charge in [-0.15, -0.1) is 0 Å². The van der Waals surface area contributed by atoms with Crippen molar-refractivity contribution in [2.75, 3.05) is 0 Å². The van der Waals surface area contributed by atoms with Crippen LogP contribution in [0.25, 0.3) is 10.8 Å². The molecule has 2 aromatic carbocycles. The van der Waals surface area contributed by atoms with E-state index in [2.05, 4.69) is 31.9 Å². The summed E-state index contributed by atoms with van der Waals surface area (Å²) in [5, 5.41) is 1.84. The number of benzene rings is 2. The van der Waals surface area contributed by atoms with Crippen molar-refractivity contribution < 1.29 is 9.59 Å². The van der Waals surface area contributed by atoms with Gasteiger partial charge in [0.05, 0.1) is 0 Å². The summed E-state index contributed by atoms with van der Waals surface area (Å²) < 4.78 is 1.46. The maximum Gasteiger partial charge on any atom is 0.151 e. The van der Waals surface area contributed by atoms with Gasteiger partial charge in [-0.25, -0.2) is 0 Å². The first-order valence-corrected chi connectivity index (χ1v) is 6.07. The Hall–Kier alpha value is -1.00. The van der Waals surface area contributed by atoms with Crippen molar-refractivity contribution in [3.05, 3.63) is 44.3 Å². The number of rotatable bonds is 2. The maximum absolute atomic E-state index is 10.8. The van der Waals surface area contributed by atoms with Gasteiger partial charge in [-0.2, -0.15) is 0 Å². The largest absolute Gasteiger partial charge is 0.298 e. The van der Waals surface area contributed by atoms with Crippen LogP contribution in [0.4, 0.5) is 0 Å². The molecule has 0 aliphatic carbocycles. The van der Waals surface area contributed by atoms with E-state index in [9.17, 15) is 9.59 Å². The maximum atomic E-state index is 10.8. The number of halogens is 2. The van der Waals surface area contributed by atoms with Crippen molar-refractivity contribution in [1.82, 2.24) is 0 Å². The smallest absolute Gasteiger partial charge is 0.151 e. The SMILES string of the molecule is O=Cc1cc2cc(Br)c(C=O)cc2cc1Br. The predicted molar refractivity (Wildman–Crippen MR) is 70.1 cm³/mol. The van der Waals surface area contributed by atoms with E-state index >= 15 is 0 Å². The number of hydrogen-bond donors (Lipinski definition) is 0. The van der Waals surface area contributed by atoms with Crippen molar-refractivity contribution in [2.45, 2.75) is 0 Å². The molecule has 0 N–H and O–H groups in total. The zero-order chi connectivity index (χ0) is 11.7. The Labute approximate surface area is 109 Å². The molecule has 0 saturated heterocycles. The zero-order valence-electron chi connectivity index (χ0n) is 8.04. The highest BCUT2D eigenvalue weighted by molar-refractivity contribution is 9.10. The van der Waals surface area contributed by atoms with Crippen LogP contribution in [-0.4, -0.2) is 12.6 Å². The molecular weight excluding hydrogens is 336 g/mol. The second kappa shape index (κ2) is 4.47. The minimum Gasteiger partial charge on any atom is -0.298 e. The Balaban J connectivity index is 2.81. The molecule has 80 valence electrons. The molecule has 0 bridgehead atoms. The molecular formula is C12H6Br2O2. The van der Waals surface area contributed by atoms with Gasteiger partial charge in [0.15, 0.2) is 12.6 Å². The van der Waals surface area contributed by atoms with E-state index in [0.717, 1.165) is 32.3 Å². The van der Waals surface area contributed by atoms with Gasteiger partial charge in [-0.05, 0) is 35.0 Å². The summed E-state index contributed by atoms with van der Waals surface area (Å²) in [6, 6.07) is 7.23. The average molecular weight is 342 g/mol. The number of carbonyl (C=O) groups is 2. The third-order valence-electron chi connectivity index (χ3n) is 2.33. The second-order valence-electron chi connectivity index (χ2n) is 3.33. The lowest BCUT2D eigenvalue weighted by Crippen LogP contribution is -1.87. The first-order chi connectivity index (χ1) is 7.65. The van der Waals surface area contributed by atoms with Crippen LogP contribution < -0.4 is 0 Å². The molecule has 4 heteroatoms. The monoisotopic (exact) mass is 340 g/mol. The van der Waals surface area contributed by atoms with Gasteiger partial charge in [0.25, 0.3) is 0 Å². The summed E-state index contributed by atoms with van der Waals surface area (Å²) in [7, 11) is 0. The van der Waals surface area contributed by atoms with Crippen LogP contribution in [0.1, 0.15) is 20.7 Å². The Morgan fingerprint density at radius 3 is 1.44 bits per heavy atom. The molecule has 2 aromatic rings. The van der Waals surface area contributed by atoms with Crippen LogP contribution in [-0.2, 0) is 0 Å². The number of fused-ring (bicyclic) bond motifs is 1. The molecule has 0 aliphatic rings. The Morgan fingerprint density at radius 1 is 0.750 bits per heavy atom. The summed E-state index contributed by atoms with van der Waals surface area (Å²) >= 11 is 6.62. The fourth-order valence-corrected chi connectivity index (χ4v) is 2.42. The molecule has 2 nitrogen and oxygen atoms in total. The first kappa shape index (κ1) is 11.5. The van der Waals surface area contributed by atoms with Gasteiger partial charge in [-0.3, -0.25) is 9.59 Å². The van der Waals surface area contributed by atoms with E-state index < -0.39 is 0 Å². The average Bonchev–Trinajstić information content (AvgIpc) is 2.28. The Morgan fingerprint density at radius 2 is 1.12 bits per heavy atom. The number of hydrogen-bond acceptors (Lipinski definition) is 2. The zero-order valence-corrected chi connectivity index (χ0v) is 11.2. The molecule has 0 aromatic heterocycles. The van der Waals surface area contributed by atoms with E-state index in [1.54, 1.807) is 12.1 Å². The van der Waals surface area contributed by atoms with E-state index in [-0.39, 0.29) is 0 Å². The molecule has 0 atom stereocenters. The summed E-state index contributed by atoms with van der Waals surface area (Å²) in [5.74, 6) is 0. The van der Waals surface area contributed by atoms with Crippen LogP contribution in [0, 0.1) is 0 Å². The quantitative estimate of drug-likeness (QED) is 0.774. The molecule has 0 aliphatic heterocycles. The van der Waals surface area contributed by atoms with Gasteiger partial charge >= 0.3 is 0 Å². The third-order valence-corrected chi connectivity index (χ3v) is 3.70. The first-order valence-electron chi connectivity index (χ1n) is 4.49. The van der Waals surface area contributed by atoms with Crippen LogP contribution in [0.2, 0.25) is 0 Å². The third kappa shape index (κ3) is 1.95. The van der Waals surface area contributed by atoms with Gasteiger partial charge in [0.1, 0.15) is 0 Å². The minimum absolute atomic E-state index is 0.596. The number of aldehydes is 2. The summed E-state index contributed by atoms with van der Waals surface area (Å²) in [4.78, 5) is 21.6. The predicted octanol–water partition coefficient (Wildman–Crippen LogP) is 3.99. The van der Waals surface area contributed by atoms with Crippen LogP contribution in [0.5, 0.6) is 0 Å². The fraction of sp³-hybridized carbons (Fsp3) is 0. The molecule has 2 rings (SSSR count). The summed E-state index contributed by atoms with van der Waals surface area (Å²) in [6.07, 6.45) is 1.59. The molecule has 0 amide bonds. The van der Waals surface area contributed by atoms with Gasteiger partial charge < -0.3 is 0 Å². The van der Waals surface area contributed by atoms with E-state index in [1.165, 1.54) is 0 Å². The minimum atomic E-state index is 0.596. The molecule has 16 heavy (non-hydrogen) atoms. The van der Waals surface area contributed by atoms with Crippen LogP contribution in [0.15, 0.2) is 33.2 Å². The lowest BCUT2D eigenvalue weighted by atomic mass is 10.1. The lowest BCUT2D eigenvalue weighted by Gasteiger charge is -2.04. The van der Waals surface area contributed by atoms with E-state index in [4.69, 9.17) is 0 Å². The lowest BCUT2D eigenvalue weighted by molar-refractivity contribution is 0.111.